The Hall–Kier alpha value is -2.89. The number of carbonyl (C=O) groups excluding carboxylic acids is 2. The van der Waals surface area contributed by atoms with Gasteiger partial charge in [0.1, 0.15) is 5.71 Å². The highest BCUT2D eigenvalue weighted by Crippen LogP contribution is 2.07. The number of pyridine rings is 2. The molecule has 0 spiro atoms. The molecule has 0 aliphatic rings. The van der Waals surface area contributed by atoms with E-state index in [9.17, 15) is 9.59 Å². The zero-order valence-electron chi connectivity index (χ0n) is 10.6. The molecule has 0 amide bonds. The number of ketones is 2. The molecule has 0 saturated heterocycles. The summed E-state index contributed by atoms with van der Waals surface area (Å²) in [5.74, 6) is 4.61. The minimum atomic E-state index is -0.377. The molecule has 20 heavy (non-hydrogen) atoms. The Morgan fingerprint density at radius 2 is 1.45 bits per heavy atom. The zero-order valence-corrected chi connectivity index (χ0v) is 10.6. The summed E-state index contributed by atoms with van der Waals surface area (Å²) < 4.78 is 0. The van der Waals surface area contributed by atoms with Gasteiger partial charge < -0.3 is 5.84 Å². The van der Waals surface area contributed by atoms with Crippen molar-refractivity contribution in [2.45, 2.75) is 6.42 Å². The molecule has 2 rings (SSSR count). The van der Waals surface area contributed by atoms with Gasteiger partial charge in [0.2, 0.25) is 5.78 Å². The fraction of sp³-hybridized carbons (Fsp3) is 0.0714. The van der Waals surface area contributed by atoms with Gasteiger partial charge in [-0.1, -0.05) is 0 Å². The second kappa shape index (κ2) is 6.33. The molecule has 0 fully saturated rings. The van der Waals surface area contributed by atoms with E-state index in [1.165, 1.54) is 24.8 Å². The van der Waals surface area contributed by atoms with Crippen LogP contribution in [0.3, 0.4) is 0 Å². The molecule has 100 valence electrons. The lowest BCUT2D eigenvalue weighted by Gasteiger charge is -2.04. The molecule has 0 aliphatic heterocycles. The highest BCUT2D eigenvalue weighted by atomic mass is 16.1. The number of aromatic nitrogens is 2. The molecule has 2 N–H and O–H groups in total. The molecule has 0 aromatic carbocycles. The number of carbonyl (C=O) groups is 2. The molecule has 2 heterocycles. The molecule has 0 radical (unpaired) electrons. The van der Waals surface area contributed by atoms with Crippen LogP contribution in [-0.4, -0.2) is 27.2 Å². The molecule has 6 heteroatoms. The summed E-state index contributed by atoms with van der Waals surface area (Å²) in [6, 6.07) is 6.25. The maximum Gasteiger partial charge on any atom is 0.209 e. The van der Waals surface area contributed by atoms with Crippen LogP contribution in [0, 0.1) is 0 Å². The summed E-state index contributed by atoms with van der Waals surface area (Å²) >= 11 is 0. The van der Waals surface area contributed by atoms with Crippen LogP contribution in [0.5, 0.6) is 0 Å². The molecule has 0 bridgehead atoms. The third kappa shape index (κ3) is 3.11. The van der Waals surface area contributed by atoms with Crippen molar-refractivity contribution in [1.82, 2.24) is 9.97 Å². The smallest absolute Gasteiger partial charge is 0.209 e. The van der Waals surface area contributed by atoms with E-state index >= 15 is 0 Å². The number of hydrazone groups is 1. The van der Waals surface area contributed by atoms with Gasteiger partial charge in [0.05, 0.1) is 6.42 Å². The Bertz CT molecular complexity index is 639. The summed E-state index contributed by atoms with van der Waals surface area (Å²) in [5, 5.41) is 3.44. The second-order valence-electron chi connectivity index (χ2n) is 3.98. The summed E-state index contributed by atoms with van der Waals surface area (Å²) in [6.07, 6.45) is 5.86. The summed E-state index contributed by atoms with van der Waals surface area (Å²) in [7, 11) is 0. The lowest BCUT2D eigenvalue weighted by molar-refractivity contribution is 0.0985. The van der Waals surface area contributed by atoms with Crippen molar-refractivity contribution in [2.24, 2.45) is 10.9 Å². The Morgan fingerprint density at radius 1 is 0.950 bits per heavy atom. The van der Waals surface area contributed by atoms with E-state index in [-0.39, 0.29) is 23.7 Å². The third-order valence-electron chi connectivity index (χ3n) is 2.69. The number of nitrogens with two attached hydrogens (primary N) is 1. The minimum absolute atomic E-state index is 0.0120. The molecule has 2 aromatic heterocycles. The Labute approximate surface area is 115 Å². The van der Waals surface area contributed by atoms with Gasteiger partial charge in [0.25, 0.3) is 0 Å². The van der Waals surface area contributed by atoms with Crippen LogP contribution < -0.4 is 5.84 Å². The van der Waals surface area contributed by atoms with Crippen molar-refractivity contribution >= 4 is 17.3 Å². The van der Waals surface area contributed by atoms with E-state index in [0.29, 0.717) is 11.1 Å². The van der Waals surface area contributed by atoms with Gasteiger partial charge in [0.15, 0.2) is 5.78 Å². The maximum atomic E-state index is 12.1. The quantitative estimate of drug-likeness (QED) is 0.381. The molecule has 0 aliphatic carbocycles. The van der Waals surface area contributed by atoms with E-state index in [4.69, 9.17) is 5.84 Å². The topological polar surface area (TPSA) is 98.3 Å². The minimum Gasteiger partial charge on any atom is -0.323 e. The van der Waals surface area contributed by atoms with Gasteiger partial charge in [-0.2, -0.15) is 5.10 Å². The predicted octanol–water partition coefficient (Wildman–Crippen LogP) is 1.25. The van der Waals surface area contributed by atoms with Crippen LogP contribution in [0.2, 0.25) is 0 Å². The highest BCUT2D eigenvalue weighted by Gasteiger charge is 2.18. The van der Waals surface area contributed by atoms with Crippen molar-refractivity contribution in [3.05, 3.63) is 60.2 Å². The van der Waals surface area contributed by atoms with Crippen LogP contribution in [0.25, 0.3) is 0 Å². The molecule has 2 aromatic rings. The summed E-state index contributed by atoms with van der Waals surface area (Å²) in [4.78, 5) is 31.8. The Balaban J connectivity index is 2.15. The Kier molecular flexibility index (Phi) is 4.28. The number of hydrogen-bond acceptors (Lipinski definition) is 6. The van der Waals surface area contributed by atoms with E-state index in [2.05, 4.69) is 15.1 Å². The fourth-order valence-electron chi connectivity index (χ4n) is 1.65. The number of nitrogens with zero attached hydrogens (tertiary/aromatic N) is 3. The first kappa shape index (κ1) is 13.5. The van der Waals surface area contributed by atoms with E-state index < -0.39 is 0 Å². The van der Waals surface area contributed by atoms with E-state index in [1.807, 2.05) is 0 Å². The van der Waals surface area contributed by atoms with E-state index in [1.54, 1.807) is 24.3 Å². The first-order valence-corrected chi connectivity index (χ1v) is 5.87. The fourth-order valence-corrected chi connectivity index (χ4v) is 1.65. The van der Waals surface area contributed by atoms with Crippen molar-refractivity contribution in [2.75, 3.05) is 0 Å². The number of rotatable bonds is 5. The van der Waals surface area contributed by atoms with Gasteiger partial charge in [-0.3, -0.25) is 19.6 Å². The molecule has 6 nitrogen and oxygen atoms in total. The molecular formula is C14H12N4O2. The summed E-state index contributed by atoms with van der Waals surface area (Å²) in [5.41, 5.74) is 0.869. The van der Waals surface area contributed by atoms with Crippen molar-refractivity contribution in [1.29, 1.82) is 0 Å². The zero-order chi connectivity index (χ0) is 14.4. The number of Topliss-reactive ketones (excluding diaryl/α,β-unsaturated/α-hetero) is 2. The standard InChI is InChI=1S/C14H12N4O2/c15-18-12(14(20)11-3-7-17-8-4-11)9-13(19)10-1-5-16-6-2-10/h1-8H,9,15H2/b18-12+. The van der Waals surface area contributed by atoms with Crippen LogP contribution in [0.15, 0.2) is 54.2 Å². The molecular weight excluding hydrogens is 256 g/mol. The van der Waals surface area contributed by atoms with Gasteiger partial charge >= 0.3 is 0 Å². The van der Waals surface area contributed by atoms with Gasteiger partial charge in [-0.15, -0.1) is 0 Å². The van der Waals surface area contributed by atoms with Crippen LogP contribution in [-0.2, 0) is 0 Å². The summed E-state index contributed by atoms with van der Waals surface area (Å²) in [6.45, 7) is 0. The average Bonchev–Trinajstić information content (AvgIpc) is 2.53. The molecule has 0 saturated carbocycles. The Morgan fingerprint density at radius 3 is 1.95 bits per heavy atom. The van der Waals surface area contributed by atoms with Gasteiger partial charge in [-0.25, -0.2) is 0 Å². The van der Waals surface area contributed by atoms with Crippen LogP contribution in [0.1, 0.15) is 27.1 Å². The predicted molar refractivity (Wildman–Crippen MR) is 73.4 cm³/mol. The third-order valence-corrected chi connectivity index (χ3v) is 2.69. The first-order chi connectivity index (χ1) is 9.72. The molecule has 0 atom stereocenters. The normalized spacial score (nSPS) is 11.1. The van der Waals surface area contributed by atoms with Crippen LogP contribution >= 0.6 is 0 Å². The van der Waals surface area contributed by atoms with Crippen molar-refractivity contribution < 1.29 is 9.59 Å². The van der Waals surface area contributed by atoms with Crippen LogP contribution in [0.4, 0.5) is 0 Å². The average molecular weight is 268 g/mol. The van der Waals surface area contributed by atoms with Gasteiger partial charge in [0, 0.05) is 35.9 Å². The molecule has 0 unspecified atom stereocenters. The SMILES string of the molecule is N/N=C(\CC(=O)c1ccncc1)C(=O)c1ccncc1. The van der Waals surface area contributed by atoms with Crippen molar-refractivity contribution in [3.63, 3.8) is 0 Å². The number of hydrogen-bond donors (Lipinski definition) is 1. The van der Waals surface area contributed by atoms with Crippen molar-refractivity contribution in [3.8, 4) is 0 Å². The largest absolute Gasteiger partial charge is 0.323 e. The van der Waals surface area contributed by atoms with Gasteiger partial charge in [-0.05, 0) is 24.3 Å². The second-order valence-corrected chi connectivity index (χ2v) is 3.98. The lowest BCUT2D eigenvalue weighted by atomic mass is 10.0. The lowest BCUT2D eigenvalue weighted by Crippen LogP contribution is -2.20. The van der Waals surface area contributed by atoms with E-state index in [0.717, 1.165) is 0 Å². The monoisotopic (exact) mass is 268 g/mol. The highest BCUT2D eigenvalue weighted by molar-refractivity contribution is 6.48. The maximum absolute atomic E-state index is 12.1. The first-order valence-electron chi connectivity index (χ1n) is 5.87.